The molecule has 0 aliphatic rings. The van der Waals surface area contributed by atoms with E-state index in [0.717, 1.165) is 11.8 Å². The Kier molecular flexibility index (Phi) is 6.17. The molecule has 0 heterocycles. The fraction of sp³-hybridized carbons (Fsp3) is 0.364. The van der Waals surface area contributed by atoms with Gasteiger partial charge in [-0.2, -0.15) is 0 Å². The molecule has 1 aromatic carbocycles. The van der Waals surface area contributed by atoms with Crippen molar-refractivity contribution in [2.75, 3.05) is 7.05 Å². The molecule has 0 atom stereocenters. The molecule has 0 aromatic heterocycles. The number of hydrogen-bond acceptors (Lipinski definition) is 2. The number of rotatable bonds is 2. The number of carbonyl (C=O) groups excluding carboxylic acids is 1. The Morgan fingerprint density at radius 2 is 1.93 bits per heavy atom. The van der Waals surface area contributed by atoms with Gasteiger partial charge in [-0.1, -0.05) is 31.5 Å². The normalized spacial score (nSPS) is 9.29. The van der Waals surface area contributed by atoms with Gasteiger partial charge in [0.1, 0.15) is 0 Å². The molecule has 0 unspecified atom stereocenters. The predicted molar refractivity (Wildman–Crippen MR) is 61.0 cm³/mol. The highest BCUT2D eigenvalue weighted by Crippen LogP contribution is 2.20. The topological polar surface area (TPSA) is 43.1 Å². The van der Waals surface area contributed by atoms with Crippen molar-refractivity contribution in [1.29, 1.82) is 0 Å². The minimum atomic E-state index is 0.431. The first-order valence-corrected chi connectivity index (χ1v) is 4.85. The molecule has 0 radical (unpaired) electrons. The van der Waals surface area contributed by atoms with Gasteiger partial charge in [-0.05, 0) is 30.7 Å². The molecular formula is C11H16ClNO. The number of halogens is 1. The van der Waals surface area contributed by atoms with Crippen LogP contribution in [0, 0.1) is 0 Å². The number of carbonyl (C=O) groups is 1. The van der Waals surface area contributed by atoms with E-state index in [1.807, 2.05) is 12.1 Å². The Labute approximate surface area is 90.1 Å². The van der Waals surface area contributed by atoms with Crippen LogP contribution in [-0.2, 0) is 0 Å². The molecule has 14 heavy (non-hydrogen) atoms. The van der Waals surface area contributed by atoms with Crippen LogP contribution in [0.4, 0.5) is 0 Å². The lowest BCUT2D eigenvalue weighted by Crippen LogP contribution is -1.90. The number of aldehydes is 1. The molecule has 2 nitrogen and oxygen atoms in total. The molecule has 1 aromatic rings. The molecule has 0 saturated carbocycles. The minimum absolute atomic E-state index is 0.431. The van der Waals surface area contributed by atoms with E-state index >= 15 is 0 Å². The molecule has 0 spiro atoms. The summed E-state index contributed by atoms with van der Waals surface area (Å²) in [6, 6.07) is 5.54. The zero-order chi connectivity index (χ0) is 11.1. The fourth-order valence-corrected chi connectivity index (χ4v) is 1.17. The first-order chi connectivity index (χ1) is 6.65. The lowest BCUT2D eigenvalue weighted by atomic mass is 10.0. The van der Waals surface area contributed by atoms with Crippen LogP contribution >= 0.6 is 11.6 Å². The molecule has 1 rings (SSSR count). The quantitative estimate of drug-likeness (QED) is 0.768. The maximum absolute atomic E-state index is 10.5. The second-order valence-corrected chi connectivity index (χ2v) is 3.46. The van der Waals surface area contributed by atoms with Crippen molar-refractivity contribution in [3.05, 3.63) is 34.3 Å². The Hall–Kier alpha value is -0.860. The Morgan fingerprint density at radius 1 is 1.36 bits per heavy atom. The van der Waals surface area contributed by atoms with Gasteiger partial charge in [-0.3, -0.25) is 4.79 Å². The molecule has 78 valence electrons. The summed E-state index contributed by atoms with van der Waals surface area (Å²) in [7, 11) is 1.50. The smallest absolute Gasteiger partial charge is 0.151 e. The van der Waals surface area contributed by atoms with Crippen molar-refractivity contribution in [3.8, 4) is 0 Å². The van der Waals surface area contributed by atoms with Crippen molar-refractivity contribution in [2.45, 2.75) is 19.8 Å². The molecule has 2 N–H and O–H groups in total. The fourth-order valence-electron chi connectivity index (χ4n) is 1.01. The van der Waals surface area contributed by atoms with Crippen LogP contribution in [0.2, 0.25) is 5.02 Å². The van der Waals surface area contributed by atoms with Gasteiger partial charge in [0.15, 0.2) is 6.29 Å². The van der Waals surface area contributed by atoms with Gasteiger partial charge in [-0.25, -0.2) is 0 Å². The van der Waals surface area contributed by atoms with Gasteiger partial charge in [-0.15, -0.1) is 0 Å². The van der Waals surface area contributed by atoms with Crippen molar-refractivity contribution >= 4 is 17.9 Å². The van der Waals surface area contributed by atoms with Gasteiger partial charge in [0.05, 0.1) is 5.02 Å². The summed E-state index contributed by atoms with van der Waals surface area (Å²) in [5, 5.41) is 0.523. The standard InChI is InChI=1S/C10H11ClO.CH5N/c1-7(2)8-3-4-10(11)9(5-8)6-12;1-2/h3-7H,1-2H3;2H2,1H3. The monoisotopic (exact) mass is 213 g/mol. The third-order valence-corrected chi connectivity index (χ3v) is 2.16. The Balaban J connectivity index is 0.000000791. The van der Waals surface area contributed by atoms with Crippen LogP contribution in [0.5, 0.6) is 0 Å². The van der Waals surface area contributed by atoms with Crippen LogP contribution < -0.4 is 5.73 Å². The highest BCUT2D eigenvalue weighted by atomic mass is 35.5. The van der Waals surface area contributed by atoms with E-state index in [9.17, 15) is 4.79 Å². The average molecular weight is 214 g/mol. The van der Waals surface area contributed by atoms with Crippen LogP contribution in [0.1, 0.15) is 35.7 Å². The Bertz CT molecular complexity index is 297. The highest BCUT2D eigenvalue weighted by Gasteiger charge is 2.03. The highest BCUT2D eigenvalue weighted by molar-refractivity contribution is 6.32. The zero-order valence-corrected chi connectivity index (χ0v) is 9.51. The maximum Gasteiger partial charge on any atom is 0.151 e. The molecular weight excluding hydrogens is 198 g/mol. The summed E-state index contributed by atoms with van der Waals surface area (Å²) in [5.41, 5.74) is 6.21. The van der Waals surface area contributed by atoms with Crippen LogP contribution in [0.15, 0.2) is 18.2 Å². The lowest BCUT2D eigenvalue weighted by molar-refractivity contribution is 0.112. The van der Waals surface area contributed by atoms with E-state index in [4.69, 9.17) is 11.6 Å². The number of nitrogens with two attached hydrogens (primary N) is 1. The van der Waals surface area contributed by atoms with Gasteiger partial charge in [0.25, 0.3) is 0 Å². The largest absolute Gasteiger partial charge is 0.333 e. The first-order valence-electron chi connectivity index (χ1n) is 4.47. The van der Waals surface area contributed by atoms with E-state index in [2.05, 4.69) is 19.6 Å². The summed E-state index contributed by atoms with van der Waals surface area (Å²) in [6.45, 7) is 4.16. The maximum atomic E-state index is 10.5. The summed E-state index contributed by atoms with van der Waals surface area (Å²) in [4.78, 5) is 10.5. The lowest BCUT2D eigenvalue weighted by Gasteiger charge is -2.05. The molecule has 0 bridgehead atoms. The molecule has 0 aliphatic heterocycles. The predicted octanol–water partition coefficient (Wildman–Crippen LogP) is 2.85. The van der Waals surface area contributed by atoms with E-state index in [-0.39, 0.29) is 0 Å². The third kappa shape index (κ3) is 3.48. The number of hydrogen-bond donors (Lipinski definition) is 1. The molecule has 0 aliphatic carbocycles. The van der Waals surface area contributed by atoms with Crippen molar-refractivity contribution < 1.29 is 4.79 Å². The second kappa shape index (κ2) is 6.57. The van der Waals surface area contributed by atoms with E-state index in [1.165, 1.54) is 7.05 Å². The number of benzene rings is 1. The molecule has 0 amide bonds. The van der Waals surface area contributed by atoms with Crippen molar-refractivity contribution in [3.63, 3.8) is 0 Å². The summed E-state index contributed by atoms with van der Waals surface area (Å²) in [5.74, 6) is 0.431. The van der Waals surface area contributed by atoms with Gasteiger partial charge < -0.3 is 5.73 Å². The van der Waals surface area contributed by atoms with E-state index in [0.29, 0.717) is 16.5 Å². The van der Waals surface area contributed by atoms with Gasteiger partial charge >= 0.3 is 0 Å². The summed E-state index contributed by atoms with van der Waals surface area (Å²) < 4.78 is 0. The van der Waals surface area contributed by atoms with E-state index < -0.39 is 0 Å². The molecule has 3 heteroatoms. The summed E-state index contributed by atoms with van der Waals surface area (Å²) >= 11 is 5.77. The Morgan fingerprint density at radius 3 is 2.36 bits per heavy atom. The van der Waals surface area contributed by atoms with Crippen molar-refractivity contribution in [1.82, 2.24) is 0 Å². The summed E-state index contributed by atoms with van der Waals surface area (Å²) in [6.07, 6.45) is 0.786. The van der Waals surface area contributed by atoms with E-state index in [1.54, 1.807) is 6.07 Å². The van der Waals surface area contributed by atoms with Crippen LogP contribution in [0.3, 0.4) is 0 Å². The SMILES string of the molecule is CC(C)c1ccc(Cl)c(C=O)c1.CN. The van der Waals surface area contributed by atoms with Crippen LogP contribution in [-0.4, -0.2) is 13.3 Å². The van der Waals surface area contributed by atoms with Crippen LogP contribution in [0.25, 0.3) is 0 Å². The average Bonchev–Trinajstić information content (AvgIpc) is 2.21. The second-order valence-electron chi connectivity index (χ2n) is 3.05. The minimum Gasteiger partial charge on any atom is -0.333 e. The molecule has 0 fully saturated rings. The van der Waals surface area contributed by atoms with Gasteiger partial charge in [0.2, 0.25) is 0 Å². The molecule has 0 saturated heterocycles. The van der Waals surface area contributed by atoms with Crippen molar-refractivity contribution in [2.24, 2.45) is 5.73 Å². The first kappa shape index (κ1) is 13.1. The van der Waals surface area contributed by atoms with Gasteiger partial charge in [0, 0.05) is 5.56 Å². The zero-order valence-electron chi connectivity index (χ0n) is 8.75. The third-order valence-electron chi connectivity index (χ3n) is 1.81.